The number of halogens is 1. The lowest BCUT2D eigenvalue weighted by Gasteiger charge is -2.12. The van der Waals surface area contributed by atoms with Crippen LogP contribution >= 0.6 is 11.6 Å². The van der Waals surface area contributed by atoms with Gasteiger partial charge in [0.05, 0.1) is 17.3 Å². The van der Waals surface area contributed by atoms with E-state index in [9.17, 15) is 0 Å². The molecule has 0 atom stereocenters. The Labute approximate surface area is 125 Å². The Hall–Kier alpha value is -1.67. The van der Waals surface area contributed by atoms with Gasteiger partial charge in [-0.3, -0.25) is 0 Å². The molecule has 0 saturated heterocycles. The number of anilines is 1. The maximum Gasteiger partial charge on any atom is 0.119 e. The summed E-state index contributed by atoms with van der Waals surface area (Å²) in [5, 5.41) is 4.15. The van der Waals surface area contributed by atoms with Gasteiger partial charge in [0.15, 0.2) is 0 Å². The van der Waals surface area contributed by atoms with Crippen LogP contribution in [0.3, 0.4) is 0 Å². The number of aryl methyl sites for hydroxylation is 1. The number of benzene rings is 2. The van der Waals surface area contributed by atoms with Crippen LogP contribution in [-0.2, 0) is 6.54 Å². The molecule has 1 N–H and O–H groups in total. The van der Waals surface area contributed by atoms with Crippen molar-refractivity contribution in [3.05, 3.63) is 58.6 Å². The van der Waals surface area contributed by atoms with Crippen LogP contribution in [0.25, 0.3) is 0 Å². The molecule has 0 aliphatic rings. The summed E-state index contributed by atoms with van der Waals surface area (Å²) in [6.07, 6.45) is 1.02. The molecule has 0 bridgehead atoms. The minimum Gasteiger partial charge on any atom is -0.494 e. The highest BCUT2D eigenvalue weighted by Gasteiger charge is 2.03. The van der Waals surface area contributed by atoms with Crippen LogP contribution in [0.5, 0.6) is 5.75 Å². The molecule has 0 spiro atoms. The van der Waals surface area contributed by atoms with Gasteiger partial charge in [-0.1, -0.05) is 42.8 Å². The Morgan fingerprint density at radius 1 is 1.15 bits per heavy atom. The van der Waals surface area contributed by atoms with Gasteiger partial charge in [0.2, 0.25) is 0 Å². The molecule has 0 fully saturated rings. The minimum absolute atomic E-state index is 0.730. The van der Waals surface area contributed by atoms with E-state index in [4.69, 9.17) is 16.3 Å². The van der Waals surface area contributed by atoms with Crippen molar-refractivity contribution in [1.82, 2.24) is 0 Å². The first-order valence-corrected chi connectivity index (χ1v) is 7.29. The number of rotatable bonds is 6. The van der Waals surface area contributed by atoms with Crippen LogP contribution in [0.1, 0.15) is 24.5 Å². The zero-order valence-corrected chi connectivity index (χ0v) is 12.7. The van der Waals surface area contributed by atoms with Gasteiger partial charge in [-0.05, 0) is 42.7 Å². The zero-order valence-electron chi connectivity index (χ0n) is 11.9. The number of hydrogen-bond donors (Lipinski definition) is 1. The molecule has 2 aromatic rings. The average molecular weight is 290 g/mol. The number of para-hydroxylation sites is 1. The van der Waals surface area contributed by atoms with Crippen LogP contribution in [0.15, 0.2) is 42.5 Å². The van der Waals surface area contributed by atoms with Gasteiger partial charge >= 0.3 is 0 Å². The normalized spacial score (nSPS) is 10.3. The maximum atomic E-state index is 6.21. The third kappa shape index (κ3) is 3.91. The van der Waals surface area contributed by atoms with E-state index in [1.54, 1.807) is 0 Å². The van der Waals surface area contributed by atoms with Crippen molar-refractivity contribution < 1.29 is 4.74 Å². The number of hydrogen-bond acceptors (Lipinski definition) is 2. The van der Waals surface area contributed by atoms with Crippen LogP contribution in [0.4, 0.5) is 5.69 Å². The van der Waals surface area contributed by atoms with Crippen molar-refractivity contribution in [2.75, 3.05) is 11.9 Å². The molecule has 2 aromatic carbocycles. The summed E-state index contributed by atoms with van der Waals surface area (Å²) < 4.78 is 5.64. The van der Waals surface area contributed by atoms with Crippen LogP contribution in [-0.4, -0.2) is 6.61 Å². The van der Waals surface area contributed by atoms with E-state index in [1.165, 1.54) is 5.56 Å². The molecule has 0 aliphatic carbocycles. The zero-order chi connectivity index (χ0) is 14.4. The van der Waals surface area contributed by atoms with Crippen LogP contribution in [0, 0.1) is 6.92 Å². The molecule has 0 aliphatic heterocycles. The fraction of sp³-hybridized carbons (Fsp3) is 0.294. The first kappa shape index (κ1) is 14.7. The molecule has 3 heteroatoms. The van der Waals surface area contributed by atoms with Gasteiger partial charge in [-0.15, -0.1) is 0 Å². The smallest absolute Gasteiger partial charge is 0.119 e. The largest absolute Gasteiger partial charge is 0.494 e. The van der Waals surface area contributed by atoms with E-state index in [2.05, 4.69) is 37.4 Å². The lowest BCUT2D eigenvalue weighted by molar-refractivity contribution is 0.317. The van der Waals surface area contributed by atoms with Gasteiger partial charge in [0.25, 0.3) is 0 Å². The summed E-state index contributed by atoms with van der Waals surface area (Å²) in [6.45, 7) is 5.63. The molecule has 0 aromatic heterocycles. The van der Waals surface area contributed by atoms with Gasteiger partial charge in [0, 0.05) is 6.54 Å². The lowest BCUT2D eigenvalue weighted by Crippen LogP contribution is -2.02. The van der Waals surface area contributed by atoms with E-state index in [-0.39, 0.29) is 0 Å². The quantitative estimate of drug-likeness (QED) is 0.803. The standard InChI is InChI=1S/C17H20ClNO/c1-3-10-20-15-8-5-7-14(11-15)12-19-17-13(2)6-4-9-16(17)18/h4-9,11,19H,3,10,12H2,1-2H3. The van der Waals surface area contributed by atoms with Crippen molar-refractivity contribution in [1.29, 1.82) is 0 Å². The van der Waals surface area contributed by atoms with Crippen molar-refractivity contribution >= 4 is 17.3 Å². The van der Waals surface area contributed by atoms with E-state index < -0.39 is 0 Å². The molecular formula is C17H20ClNO. The topological polar surface area (TPSA) is 21.3 Å². The van der Waals surface area contributed by atoms with Crippen molar-refractivity contribution in [2.45, 2.75) is 26.8 Å². The highest BCUT2D eigenvalue weighted by molar-refractivity contribution is 6.33. The predicted molar refractivity (Wildman–Crippen MR) is 85.7 cm³/mol. The number of nitrogens with one attached hydrogen (secondary N) is 1. The van der Waals surface area contributed by atoms with Gasteiger partial charge in [-0.25, -0.2) is 0 Å². The Morgan fingerprint density at radius 3 is 2.70 bits per heavy atom. The molecular weight excluding hydrogens is 270 g/mol. The molecule has 0 unspecified atom stereocenters. The van der Waals surface area contributed by atoms with Gasteiger partial charge in [-0.2, -0.15) is 0 Å². The lowest BCUT2D eigenvalue weighted by atomic mass is 10.1. The molecule has 2 nitrogen and oxygen atoms in total. The molecule has 0 radical (unpaired) electrons. The highest BCUT2D eigenvalue weighted by Crippen LogP contribution is 2.26. The summed E-state index contributed by atoms with van der Waals surface area (Å²) in [6, 6.07) is 14.1. The Morgan fingerprint density at radius 2 is 1.95 bits per heavy atom. The number of ether oxygens (including phenoxy) is 1. The fourth-order valence-electron chi connectivity index (χ4n) is 2.01. The van der Waals surface area contributed by atoms with E-state index in [1.807, 2.05) is 24.3 Å². The van der Waals surface area contributed by atoms with Gasteiger partial charge in [0.1, 0.15) is 5.75 Å². The van der Waals surface area contributed by atoms with Crippen LogP contribution < -0.4 is 10.1 Å². The molecule has 0 heterocycles. The average Bonchev–Trinajstić information content (AvgIpc) is 2.45. The second-order valence-electron chi connectivity index (χ2n) is 4.78. The van der Waals surface area contributed by atoms with Crippen LogP contribution in [0.2, 0.25) is 5.02 Å². The summed E-state index contributed by atoms with van der Waals surface area (Å²) in [7, 11) is 0. The summed E-state index contributed by atoms with van der Waals surface area (Å²) >= 11 is 6.21. The SMILES string of the molecule is CCCOc1cccc(CNc2c(C)cccc2Cl)c1. The Bertz CT molecular complexity index is 548. The summed E-state index contributed by atoms with van der Waals surface area (Å²) in [5.74, 6) is 0.919. The third-order valence-corrected chi connectivity index (χ3v) is 3.38. The predicted octanol–water partition coefficient (Wildman–Crippen LogP) is 5.05. The van der Waals surface area contributed by atoms with Gasteiger partial charge < -0.3 is 10.1 Å². The molecule has 2 rings (SSSR count). The second kappa shape index (κ2) is 7.20. The summed E-state index contributed by atoms with van der Waals surface area (Å²) in [4.78, 5) is 0. The maximum absolute atomic E-state index is 6.21. The second-order valence-corrected chi connectivity index (χ2v) is 5.19. The Balaban J connectivity index is 2.03. The van der Waals surface area contributed by atoms with Crippen molar-refractivity contribution in [3.8, 4) is 5.75 Å². The molecule has 0 amide bonds. The van der Waals surface area contributed by atoms with Crippen molar-refractivity contribution in [2.24, 2.45) is 0 Å². The van der Waals surface area contributed by atoms with E-state index >= 15 is 0 Å². The van der Waals surface area contributed by atoms with E-state index in [0.717, 1.165) is 41.6 Å². The highest BCUT2D eigenvalue weighted by atomic mass is 35.5. The third-order valence-electron chi connectivity index (χ3n) is 3.06. The fourth-order valence-corrected chi connectivity index (χ4v) is 2.30. The first-order valence-electron chi connectivity index (χ1n) is 6.91. The van der Waals surface area contributed by atoms with Crippen molar-refractivity contribution in [3.63, 3.8) is 0 Å². The van der Waals surface area contributed by atoms with E-state index in [0.29, 0.717) is 0 Å². The molecule has 20 heavy (non-hydrogen) atoms. The molecule has 106 valence electrons. The Kier molecular flexibility index (Phi) is 5.31. The summed E-state index contributed by atoms with van der Waals surface area (Å²) in [5.41, 5.74) is 3.32. The molecule has 0 saturated carbocycles. The monoisotopic (exact) mass is 289 g/mol. The first-order chi connectivity index (χ1) is 9.70. The minimum atomic E-state index is 0.730.